The first kappa shape index (κ1) is 21.2. The van der Waals surface area contributed by atoms with E-state index in [1.807, 2.05) is 0 Å². The van der Waals surface area contributed by atoms with E-state index in [1.54, 1.807) is 0 Å². The molecule has 0 bridgehead atoms. The topological polar surface area (TPSA) is 130 Å². The molecule has 8 nitrogen and oxygen atoms in total. The number of carbonyl (C=O) groups excluding carboxylic acids is 2. The summed E-state index contributed by atoms with van der Waals surface area (Å²) in [7, 11) is -3.53. The number of rotatable bonds is 7. The summed E-state index contributed by atoms with van der Waals surface area (Å²) in [5, 5.41) is 5.18. The fourth-order valence-corrected chi connectivity index (χ4v) is 2.28. The Morgan fingerprint density at radius 3 is 2.43 bits per heavy atom. The Hall–Kier alpha value is -1.84. The summed E-state index contributed by atoms with van der Waals surface area (Å²) in [5.41, 5.74) is 6.01. The molecule has 0 aliphatic rings. The first-order valence-corrected chi connectivity index (χ1v) is 8.50. The lowest BCUT2D eigenvalue weighted by Crippen LogP contribution is -2.27. The number of amides is 2. The van der Waals surface area contributed by atoms with E-state index >= 15 is 0 Å². The molecule has 1 rings (SSSR count). The largest absolute Gasteiger partial charge is 0.352 e. The van der Waals surface area contributed by atoms with Crippen molar-refractivity contribution in [3.8, 4) is 0 Å². The number of anilines is 2. The normalized spacial score (nSPS) is 10.4. The molecule has 130 valence electrons. The number of hydrogen-bond acceptors (Lipinski definition) is 5. The Morgan fingerprint density at radius 1 is 1.26 bits per heavy atom. The number of halogens is 1. The van der Waals surface area contributed by atoms with Crippen LogP contribution in [-0.4, -0.2) is 39.6 Å². The smallest absolute Gasteiger partial charge is 0.253 e. The molecule has 0 saturated carbocycles. The van der Waals surface area contributed by atoms with Crippen molar-refractivity contribution in [2.75, 3.05) is 29.4 Å². The van der Waals surface area contributed by atoms with Crippen LogP contribution >= 0.6 is 12.4 Å². The summed E-state index contributed by atoms with van der Waals surface area (Å²) >= 11 is 0. The highest BCUT2D eigenvalue weighted by Gasteiger charge is 2.15. The van der Waals surface area contributed by atoms with Crippen LogP contribution in [0.1, 0.15) is 23.7 Å². The molecule has 0 aliphatic heterocycles. The molecule has 0 spiro atoms. The standard InChI is InChI=1S/C13H20N4O4S.ClH/c1-9(18)16-10-4-5-12(17-22(2,20)21)11(8-10)13(19)15-7-3-6-14;/h4-5,8,17H,3,6-7,14H2,1-2H3,(H,15,19)(H,16,18);1H. The third-order valence-electron chi connectivity index (χ3n) is 2.55. The lowest BCUT2D eigenvalue weighted by molar-refractivity contribution is -0.114. The molecule has 10 heteroatoms. The Balaban J connectivity index is 0.00000484. The maximum Gasteiger partial charge on any atom is 0.253 e. The fourth-order valence-electron chi connectivity index (χ4n) is 1.70. The van der Waals surface area contributed by atoms with Gasteiger partial charge in [-0.1, -0.05) is 0 Å². The Bertz CT molecular complexity index is 664. The van der Waals surface area contributed by atoms with E-state index in [-0.39, 0.29) is 29.6 Å². The molecule has 1 aromatic carbocycles. The third kappa shape index (κ3) is 7.82. The first-order chi connectivity index (χ1) is 10.2. The van der Waals surface area contributed by atoms with Crippen molar-refractivity contribution in [2.24, 2.45) is 5.73 Å². The van der Waals surface area contributed by atoms with Crippen molar-refractivity contribution in [3.05, 3.63) is 23.8 Å². The van der Waals surface area contributed by atoms with Crippen LogP contribution in [-0.2, 0) is 14.8 Å². The van der Waals surface area contributed by atoms with Crippen LogP contribution < -0.4 is 21.1 Å². The van der Waals surface area contributed by atoms with Crippen LogP contribution in [0.3, 0.4) is 0 Å². The van der Waals surface area contributed by atoms with Gasteiger partial charge in [0, 0.05) is 19.2 Å². The molecule has 1 aromatic rings. The summed E-state index contributed by atoms with van der Waals surface area (Å²) in [6, 6.07) is 4.34. The van der Waals surface area contributed by atoms with Gasteiger partial charge < -0.3 is 16.4 Å². The zero-order valence-corrected chi connectivity index (χ0v) is 14.5. The monoisotopic (exact) mass is 364 g/mol. The highest BCUT2D eigenvalue weighted by molar-refractivity contribution is 7.92. The Kier molecular flexibility index (Phi) is 8.59. The van der Waals surface area contributed by atoms with Gasteiger partial charge in [0.2, 0.25) is 15.9 Å². The second-order valence-electron chi connectivity index (χ2n) is 4.71. The van der Waals surface area contributed by atoms with Gasteiger partial charge >= 0.3 is 0 Å². The van der Waals surface area contributed by atoms with Gasteiger partial charge in [0.25, 0.3) is 5.91 Å². The first-order valence-electron chi connectivity index (χ1n) is 6.60. The van der Waals surface area contributed by atoms with Crippen LogP contribution in [0.5, 0.6) is 0 Å². The highest BCUT2D eigenvalue weighted by Crippen LogP contribution is 2.21. The molecule has 23 heavy (non-hydrogen) atoms. The predicted octanol–water partition coefficient (Wildman–Crippen LogP) is 0.517. The van der Waals surface area contributed by atoms with Gasteiger partial charge in [0.1, 0.15) is 0 Å². The summed E-state index contributed by atoms with van der Waals surface area (Å²) in [6.45, 7) is 2.14. The fraction of sp³-hybridized carbons (Fsp3) is 0.385. The lowest BCUT2D eigenvalue weighted by atomic mass is 10.1. The number of hydrogen-bond donors (Lipinski definition) is 4. The predicted molar refractivity (Wildman–Crippen MR) is 92.5 cm³/mol. The molecule has 0 unspecified atom stereocenters. The molecule has 0 fully saturated rings. The molecule has 5 N–H and O–H groups in total. The quantitative estimate of drug-likeness (QED) is 0.524. The Labute approximate surface area is 141 Å². The van der Waals surface area contributed by atoms with Crippen LogP contribution in [0.2, 0.25) is 0 Å². The van der Waals surface area contributed by atoms with Crippen molar-refractivity contribution < 1.29 is 18.0 Å². The maximum absolute atomic E-state index is 12.2. The molecular weight excluding hydrogens is 344 g/mol. The van der Waals surface area contributed by atoms with E-state index in [4.69, 9.17) is 5.73 Å². The number of carbonyl (C=O) groups is 2. The molecule has 2 amide bonds. The van der Waals surface area contributed by atoms with Crippen LogP contribution in [0.25, 0.3) is 0 Å². The molecule has 0 atom stereocenters. The minimum Gasteiger partial charge on any atom is -0.352 e. The SMILES string of the molecule is CC(=O)Nc1ccc(NS(C)(=O)=O)c(C(=O)NCCCN)c1.Cl. The van der Waals surface area contributed by atoms with Gasteiger partial charge in [-0.05, 0) is 31.2 Å². The van der Waals surface area contributed by atoms with Crippen LogP contribution in [0, 0.1) is 0 Å². The van der Waals surface area contributed by atoms with Gasteiger partial charge in [-0.3, -0.25) is 14.3 Å². The van der Waals surface area contributed by atoms with Crippen molar-refractivity contribution >= 4 is 45.6 Å². The number of nitrogens with two attached hydrogens (primary N) is 1. The van der Waals surface area contributed by atoms with Crippen LogP contribution in [0.4, 0.5) is 11.4 Å². The molecule has 0 aromatic heterocycles. The average molecular weight is 365 g/mol. The third-order valence-corrected chi connectivity index (χ3v) is 3.14. The summed E-state index contributed by atoms with van der Waals surface area (Å²) in [4.78, 5) is 23.2. The second-order valence-corrected chi connectivity index (χ2v) is 6.46. The van der Waals surface area contributed by atoms with Crippen molar-refractivity contribution in [3.63, 3.8) is 0 Å². The average Bonchev–Trinajstić information content (AvgIpc) is 2.38. The number of nitrogens with one attached hydrogen (secondary N) is 3. The van der Waals surface area contributed by atoms with Crippen LogP contribution in [0.15, 0.2) is 18.2 Å². The van der Waals surface area contributed by atoms with Gasteiger partial charge in [-0.15, -0.1) is 12.4 Å². The van der Waals surface area contributed by atoms with E-state index in [0.717, 1.165) is 6.26 Å². The minimum atomic E-state index is -3.53. The summed E-state index contributed by atoms with van der Waals surface area (Å²) in [6.07, 6.45) is 1.59. The van der Waals surface area contributed by atoms with E-state index in [0.29, 0.717) is 25.2 Å². The summed E-state index contributed by atoms with van der Waals surface area (Å²) < 4.78 is 25.0. The van der Waals surface area contributed by atoms with Gasteiger partial charge in [0.05, 0.1) is 17.5 Å². The highest BCUT2D eigenvalue weighted by atomic mass is 35.5. The van der Waals surface area contributed by atoms with E-state index in [9.17, 15) is 18.0 Å². The molecule has 0 heterocycles. The summed E-state index contributed by atoms with van der Waals surface area (Å²) in [5.74, 6) is -0.745. The molecular formula is C13H21ClN4O4S. The zero-order chi connectivity index (χ0) is 16.8. The van der Waals surface area contributed by atoms with E-state index in [1.165, 1.54) is 25.1 Å². The van der Waals surface area contributed by atoms with E-state index in [2.05, 4.69) is 15.4 Å². The van der Waals surface area contributed by atoms with Crippen molar-refractivity contribution in [1.82, 2.24) is 5.32 Å². The second kappa shape index (κ2) is 9.33. The maximum atomic E-state index is 12.2. The van der Waals surface area contributed by atoms with Gasteiger partial charge in [0.15, 0.2) is 0 Å². The Morgan fingerprint density at radius 2 is 1.91 bits per heavy atom. The number of benzene rings is 1. The number of sulfonamides is 1. The van der Waals surface area contributed by atoms with Crippen molar-refractivity contribution in [2.45, 2.75) is 13.3 Å². The zero-order valence-electron chi connectivity index (χ0n) is 12.9. The van der Waals surface area contributed by atoms with Crippen molar-refractivity contribution in [1.29, 1.82) is 0 Å². The van der Waals surface area contributed by atoms with Gasteiger partial charge in [-0.25, -0.2) is 8.42 Å². The molecule has 0 saturated heterocycles. The van der Waals surface area contributed by atoms with Gasteiger partial charge in [-0.2, -0.15) is 0 Å². The minimum absolute atomic E-state index is 0. The molecule has 0 radical (unpaired) electrons. The lowest BCUT2D eigenvalue weighted by Gasteiger charge is -2.13. The molecule has 0 aliphatic carbocycles. The van der Waals surface area contributed by atoms with E-state index < -0.39 is 15.9 Å².